The molecule has 2 rings (SSSR count). The van der Waals surface area contributed by atoms with Crippen LogP contribution in [-0.4, -0.2) is 33.2 Å². The first-order chi connectivity index (χ1) is 9.22. The maximum atomic E-state index is 11.9. The van der Waals surface area contributed by atoms with Gasteiger partial charge in [-0.15, -0.1) is 12.4 Å². The first kappa shape index (κ1) is 17.9. The largest absolute Gasteiger partial charge is 0.330 e. The number of rotatable bonds is 2. The highest BCUT2D eigenvalue weighted by Gasteiger charge is 2.33. The number of likely N-dealkylation sites (tertiary alicyclic amines) is 1. The Labute approximate surface area is 131 Å². The summed E-state index contributed by atoms with van der Waals surface area (Å²) in [5, 5.41) is 0. The van der Waals surface area contributed by atoms with E-state index in [0.717, 1.165) is 29.8 Å². The molecule has 0 aliphatic carbocycles. The summed E-state index contributed by atoms with van der Waals surface area (Å²) in [6.45, 7) is 6.70. The molecule has 6 nitrogen and oxygen atoms in total. The summed E-state index contributed by atoms with van der Waals surface area (Å²) in [6.07, 6.45) is 0.936. The Morgan fingerprint density at radius 3 is 2.48 bits per heavy atom. The van der Waals surface area contributed by atoms with E-state index < -0.39 is 0 Å². The molecular weight excluding hydrogens is 292 g/mol. The van der Waals surface area contributed by atoms with Gasteiger partial charge in [0.25, 0.3) is 5.56 Å². The van der Waals surface area contributed by atoms with Crippen molar-refractivity contribution >= 4 is 12.4 Å². The van der Waals surface area contributed by atoms with Crippen molar-refractivity contribution in [2.45, 2.75) is 32.9 Å². The highest BCUT2D eigenvalue weighted by Crippen LogP contribution is 2.28. The van der Waals surface area contributed by atoms with Gasteiger partial charge in [-0.3, -0.25) is 18.8 Å². The van der Waals surface area contributed by atoms with Crippen LogP contribution >= 0.6 is 12.4 Å². The fraction of sp³-hybridized carbons (Fsp3) is 0.714. The smallest absolute Gasteiger partial charge is 0.327 e. The molecule has 1 atom stereocenters. The minimum absolute atomic E-state index is 0. The molecule has 0 aromatic carbocycles. The van der Waals surface area contributed by atoms with Crippen LogP contribution in [0.15, 0.2) is 15.7 Å². The van der Waals surface area contributed by atoms with Crippen molar-refractivity contribution in [3.05, 3.63) is 32.6 Å². The second kappa shape index (κ2) is 6.34. The molecule has 2 heterocycles. The number of hydrogen-bond acceptors (Lipinski definition) is 4. The first-order valence-electron chi connectivity index (χ1n) is 6.96. The molecule has 0 bridgehead atoms. The maximum absolute atomic E-state index is 11.9. The summed E-state index contributed by atoms with van der Waals surface area (Å²) in [4.78, 5) is 25.9. The molecule has 0 radical (unpaired) electrons. The third-order valence-electron chi connectivity index (χ3n) is 4.40. The summed E-state index contributed by atoms with van der Waals surface area (Å²) in [6, 6.07) is 1.74. The van der Waals surface area contributed by atoms with Crippen LogP contribution in [-0.2, 0) is 20.6 Å². The second-order valence-electron chi connectivity index (χ2n) is 6.47. The zero-order valence-corrected chi connectivity index (χ0v) is 13.9. The van der Waals surface area contributed by atoms with Gasteiger partial charge in [0, 0.05) is 51.5 Å². The molecule has 1 saturated heterocycles. The summed E-state index contributed by atoms with van der Waals surface area (Å²) in [5.41, 5.74) is 6.41. The van der Waals surface area contributed by atoms with E-state index in [4.69, 9.17) is 5.73 Å². The SMILES string of the molecule is Cl.Cn1c(CN2CCC(N)C(C)(C)C2)cc(=O)n(C)c1=O. The molecule has 1 fully saturated rings. The summed E-state index contributed by atoms with van der Waals surface area (Å²) in [7, 11) is 3.20. The standard InChI is InChI=1S/C14H24N4O2.ClH/c1-14(2)9-18(6-5-11(14)15)8-10-7-12(19)17(4)13(20)16(10)3;/h7,11H,5-6,8-9,15H2,1-4H3;1H. The van der Waals surface area contributed by atoms with Crippen molar-refractivity contribution < 1.29 is 0 Å². The zero-order valence-electron chi connectivity index (χ0n) is 13.1. The van der Waals surface area contributed by atoms with E-state index in [9.17, 15) is 9.59 Å². The summed E-state index contributed by atoms with van der Waals surface area (Å²) >= 11 is 0. The van der Waals surface area contributed by atoms with E-state index in [0.29, 0.717) is 6.54 Å². The number of nitrogens with zero attached hydrogens (tertiary/aromatic N) is 3. The van der Waals surface area contributed by atoms with Crippen LogP contribution in [0.25, 0.3) is 0 Å². The molecule has 0 saturated carbocycles. The van der Waals surface area contributed by atoms with Gasteiger partial charge in [-0.25, -0.2) is 4.79 Å². The Morgan fingerprint density at radius 1 is 1.29 bits per heavy atom. The van der Waals surface area contributed by atoms with Crippen LogP contribution in [0.1, 0.15) is 26.0 Å². The van der Waals surface area contributed by atoms with Gasteiger partial charge in [0.05, 0.1) is 0 Å². The predicted octanol–water partition coefficient (Wildman–Crippen LogP) is 0.0650. The Hall–Kier alpha value is -1.11. The summed E-state index contributed by atoms with van der Waals surface area (Å²) in [5.74, 6) is 0. The Kier molecular flexibility index (Phi) is 5.41. The Morgan fingerprint density at radius 2 is 1.90 bits per heavy atom. The van der Waals surface area contributed by atoms with E-state index in [-0.39, 0.29) is 35.1 Å². The van der Waals surface area contributed by atoms with Crippen LogP contribution in [0.2, 0.25) is 0 Å². The minimum Gasteiger partial charge on any atom is -0.327 e. The monoisotopic (exact) mass is 316 g/mol. The molecule has 1 aliphatic rings. The number of nitrogens with two attached hydrogens (primary N) is 1. The van der Waals surface area contributed by atoms with Crippen LogP contribution < -0.4 is 17.0 Å². The minimum atomic E-state index is -0.277. The van der Waals surface area contributed by atoms with Crippen molar-refractivity contribution in [3.8, 4) is 0 Å². The van der Waals surface area contributed by atoms with Crippen LogP contribution in [0, 0.1) is 5.41 Å². The average molecular weight is 317 g/mol. The number of aromatic nitrogens is 2. The molecule has 2 N–H and O–H groups in total. The Bertz CT molecular complexity index is 620. The van der Waals surface area contributed by atoms with E-state index in [1.54, 1.807) is 17.7 Å². The molecule has 21 heavy (non-hydrogen) atoms. The molecule has 1 aromatic heterocycles. The number of halogens is 1. The molecule has 1 aromatic rings. The van der Waals surface area contributed by atoms with Gasteiger partial charge in [0.15, 0.2) is 0 Å². The van der Waals surface area contributed by atoms with Gasteiger partial charge in [-0.1, -0.05) is 13.8 Å². The lowest BCUT2D eigenvalue weighted by atomic mass is 9.79. The van der Waals surface area contributed by atoms with Crippen molar-refractivity contribution in [2.24, 2.45) is 25.2 Å². The third-order valence-corrected chi connectivity index (χ3v) is 4.40. The number of piperidine rings is 1. The van der Waals surface area contributed by atoms with Crippen LogP contribution in [0.3, 0.4) is 0 Å². The van der Waals surface area contributed by atoms with Crippen molar-refractivity contribution in [3.63, 3.8) is 0 Å². The number of hydrogen-bond donors (Lipinski definition) is 1. The Balaban J connectivity index is 0.00000220. The molecule has 0 spiro atoms. The van der Waals surface area contributed by atoms with Gasteiger partial charge in [-0.05, 0) is 11.8 Å². The molecule has 1 unspecified atom stereocenters. The zero-order chi connectivity index (χ0) is 15.1. The molecular formula is C14H25ClN4O2. The van der Waals surface area contributed by atoms with E-state index in [2.05, 4.69) is 18.7 Å². The van der Waals surface area contributed by atoms with Gasteiger partial charge in [-0.2, -0.15) is 0 Å². The molecule has 7 heteroatoms. The lowest BCUT2D eigenvalue weighted by Crippen LogP contribution is -2.52. The van der Waals surface area contributed by atoms with Crippen molar-refractivity contribution in [1.29, 1.82) is 0 Å². The van der Waals surface area contributed by atoms with E-state index in [1.165, 1.54) is 7.05 Å². The topological polar surface area (TPSA) is 73.3 Å². The summed E-state index contributed by atoms with van der Waals surface area (Å²) < 4.78 is 2.67. The predicted molar refractivity (Wildman–Crippen MR) is 85.8 cm³/mol. The van der Waals surface area contributed by atoms with Crippen LogP contribution in [0.5, 0.6) is 0 Å². The lowest BCUT2D eigenvalue weighted by Gasteiger charge is -2.42. The van der Waals surface area contributed by atoms with Gasteiger partial charge < -0.3 is 5.73 Å². The highest BCUT2D eigenvalue weighted by atomic mass is 35.5. The van der Waals surface area contributed by atoms with Crippen LogP contribution in [0.4, 0.5) is 0 Å². The van der Waals surface area contributed by atoms with Gasteiger partial charge in [0.2, 0.25) is 0 Å². The first-order valence-corrected chi connectivity index (χ1v) is 6.96. The fourth-order valence-electron chi connectivity index (χ4n) is 2.78. The average Bonchev–Trinajstić information content (AvgIpc) is 2.37. The van der Waals surface area contributed by atoms with Crippen molar-refractivity contribution in [1.82, 2.24) is 14.0 Å². The normalized spacial score (nSPS) is 21.9. The lowest BCUT2D eigenvalue weighted by molar-refractivity contribution is 0.0878. The van der Waals surface area contributed by atoms with Crippen molar-refractivity contribution in [2.75, 3.05) is 13.1 Å². The van der Waals surface area contributed by atoms with Gasteiger partial charge in [0.1, 0.15) is 0 Å². The quantitative estimate of drug-likeness (QED) is 0.837. The fourth-order valence-corrected chi connectivity index (χ4v) is 2.78. The highest BCUT2D eigenvalue weighted by molar-refractivity contribution is 5.85. The molecule has 1 aliphatic heterocycles. The third kappa shape index (κ3) is 3.56. The molecule has 120 valence electrons. The van der Waals surface area contributed by atoms with E-state index >= 15 is 0 Å². The second-order valence-corrected chi connectivity index (χ2v) is 6.47. The molecule has 0 amide bonds. The van der Waals surface area contributed by atoms with E-state index in [1.807, 2.05) is 0 Å². The van der Waals surface area contributed by atoms with Gasteiger partial charge >= 0.3 is 5.69 Å². The maximum Gasteiger partial charge on any atom is 0.330 e.